The first-order chi connectivity index (χ1) is 7.62. The van der Waals surface area contributed by atoms with Crippen molar-refractivity contribution in [3.63, 3.8) is 0 Å². The highest BCUT2D eigenvalue weighted by atomic mass is 16.5. The topological polar surface area (TPSA) is 67.6 Å². The molecule has 5 nitrogen and oxygen atoms in total. The molecule has 16 heavy (non-hydrogen) atoms. The van der Waals surface area contributed by atoms with E-state index in [1.807, 2.05) is 0 Å². The van der Waals surface area contributed by atoms with Crippen LogP contribution in [0.25, 0.3) is 0 Å². The molecule has 2 rings (SSSR count). The molecule has 0 spiro atoms. The minimum atomic E-state index is -0.794. The number of hydrogen-bond acceptors (Lipinski definition) is 4. The fraction of sp³-hybridized carbons (Fsp3) is 0.909. The molecule has 5 heteroatoms. The van der Waals surface area contributed by atoms with E-state index in [1.54, 1.807) is 0 Å². The fourth-order valence-electron chi connectivity index (χ4n) is 2.38. The largest absolute Gasteiger partial charge is 0.379 e. The molecule has 0 aromatic rings. The van der Waals surface area contributed by atoms with Crippen molar-refractivity contribution in [1.82, 2.24) is 10.2 Å². The van der Waals surface area contributed by atoms with Gasteiger partial charge in [-0.3, -0.25) is 4.79 Å². The number of carbonyl (C=O) groups is 1. The standard InChI is InChI=1S/C11H21N3O2/c1-14-5-2-3-9(14)7-13-10(15)11(12)4-6-16-8-11/h9H,2-8,12H2,1H3,(H,13,15). The smallest absolute Gasteiger partial charge is 0.242 e. The predicted octanol–water partition coefficient (Wildman–Crippen LogP) is -0.685. The summed E-state index contributed by atoms with van der Waals surface area (Å²) in [6.07, 6.45) is 3.00. The number of ether oxygens (including phenoxy) is 1. The number of likely N-dealkylation sites (tertiary alicyclic amines) is 1. The van der Waals surface area contributed by atoms with Gasteiger partial charge in [-0.25, -0.2) is 0 Å². The van der Waals surface area contributed by atoms with Crippen LogP contribution in [-0.4, -0.2) is 55.7 Å². The maximum atomic E-state index is 11.9. The number of rotatable bonds is 3. The average molecular weight is 227 g/mol. The highest BCUT2D eigenvalue weighted by Gasteiger charge is 2.38. The van der Waals surface area contributed by atoms with Gasteiger partial charge in [-0.05, 0) is 32.9 Å². The lowest BCUT2D eigenvalue weighted by molar-refractivity contribution is -0.126. The van der Waals surface area contributed by atoms with E-state index in [9.17, 15) is 4.79 Å². The minimum Gasteiger partial charge on any atom is -0.379 e. The summed E-state index contributed by atoms with van der Waals surface area (Å²) < 4.78 is 5.18. The molecule has 0 bridgehead atoms. The van der Waals surface area contributed by atoms with Crippen LogP contribution in [0.1, 0.15) is 19.3 Å². The van der Waals surface area contributed by atoms with E-state index in [2.05, 4.69) is 17.3 Å². The van der Waals surface area contributed by atoms with Crippen molar-refractivity contribution in [2.45, 2.75) is 30.8 Å². The lowest BCUT2D eigenvalue weighted by Gasteiger charge is -2.24. The van der Waals surface area contributed by atoms with E-state index in [0.717, 1.165) is 13.0 Å². The summed E-state index contributed by atoms with van der Waals surface area (Å²) in [6.45, 7) is 2.76. The number of carbonyl (C=O) groups excluding carboxylic acids is 1. The lowest BCUT2D eigenvalue weighted by atomic mass is 9.99. The van der Waals surface area contributed by atoms with Crippen molar-refractivity contribution in [3.05, 3.63) is 0 Å². The van der Waals surface area contributed by atoms with Crippen molar-refractivity contribution < 1.29 is 9.53 Å². The highest BCUT2D eigenvalue weighted by Crippen LogP contribution is 2.17. The normalized spacial score (nSPS) is 35.5. The molecule has 92 valence electrons. The van der Waals surface area contributed by atoms with Crippen LogP contribution >= 0.6 is 0 Å². The second kappa shape index (κ2) is 4.69. The molecule has 2 aliphatic rings. The van der Waals surface area contributed by atoms with Gasteiger partial charge < -0.3 is 20.7 Å². The summed E-state index contributed by atoms with van der Waals surface area (Å²) in [5.41, 5.74) is 5.18. The van der Waals surface area contributed by atoms with Crippen LogP contribution in [0.5, 0.6) is 0 Å². The van der Waals surface area contributed by atoms with E-state index >= 15 is 0 Å². The SMILES string of the molecule is CN1CCCC1CNC(=O)C1(N)CCOC1. The van der Waals surface area contributed by atoms with Crippen LogP contribution < -0.4 is 11.1 Å². The van der Waals surface area contributed by atoms with Gasteiger partial charge in [0.05, 0.1) is 6.61 Å². The maximum Gasteiger partial charge on any atom is 0.242 e. The zero-order valence-corrected chi connectivity index (χ0v) is 9.87. The maximum absolute atomic E-state index is 11.9. The Kier molecular flexibility index (Phi) is 3.47. The Balaban J connectivity index is 1.79. The van der Waals surface area contributed by atoms with Crippen molar-refractivity contribution in [2.75, 3.05) is 33.4 Å². The number of likely N-dealkylation sites (N-methyl/N-ethyl adjacent to an activating group) is 1. The zero-order valence-electron chi connectivity index (χ0n) is 9.87. The second-order valence-corrected chi connectivity index (χ2v) is 4.95. The van der Waals surface area contributed by atoms with Crippen molar-refractivity contribution in [3.8, 4) is 0 Å². The molecular weight excluding hydrogens is 206 g/mol. The van der Waals surface area contributed by atoms with Gasteiger partial charge >= 0.3 is 0 Å². The lowest BCUT2D eigenvalue weighted by Crippen LogP contribution is -2.56. The van der Waals surface area contributed by atoms with Crippen molar-refractivity contribution >= 4 is 5.91 Å². The van der Waals surface area contributed by atoms with Crippen molar-refractivity contribution in [2.24, 2.45) is 5.73 Å². The third-order valence-electron chi connectivity index (χ3n) is 3.67. The van der Waals surface area contributed by atoms with Crippen LogP contribution in [0.15, 0.2) is 0 Å². The van der Waals surface area contributed by atoms with E-state index in [4.69, 9.17) is 10.5 Å². The Morgan fingerprint density at radius 1 is 1.69 bits per heavy atom. The van der Waals surface area contributed by atoms with Gasteiger partial charge in [-0.2, -0.15) is 0 Å². The molecule has 2 heterocycles. The quantitative estimate of drug-likeness (QED) is 0.670. The van der Waals surface area contributed by atoms with Crippen LogP contribution in [-0.2, 0) is 9.53 Å². The number of nitrogens with one attached hydrogen (secondary N) is 1. The van der Waals surface area contributed by atoms with Crippen LogP contribution in [0.4, 0.5) is 0 Å². The van der Waals surface area contributed by atoms with E-state index < -0.39 is 5.54 Å². The van der Waals surface area contributed by atoms with Gasteiger partial charge in [0.1, 0.15) is 5.54 Å². The van der Waals surface area contributed by atoms with Gasteiger partial charge in [-0.1, -0.05) is 0 Å². The molecule has 2 fully saturated rings. The molecule has 0 aliphatic carbocycles. The zero-order chi connectivity index (χ0) is 11.6. The number of nitrogens with two attached hydrogens (primary N) is 1. The molecule has 2 atom stereocenters. The van der Waals surface area contributed by atoms with Gasteiger partial charge in [0.2, 0.25) is 5.91 Å². The Hall–Kier alpha value is -0.650. The van der Waals surface area contributed by atoms with Gasteiger partial charge in [0, 0.05) is 19.2 Å². The van der Waals surface area contributed by atoms with Gasteiger partial charge in [0.25, 0.3) is 0 Å². The number of hydrogen-bond donors (Lipinski definition) is 2. The number of amides is 1. The average Bonchev–Trinajstić information content (AvgIpc) is 2.85. The number of nitrogens with zero attached hydrogens (tertiary/aromatic N) is 1. The molecule has 2 unspecified atom stereocenters. The van der Waals surface area contributed by atoms with E-state index in [-0.39, 0.29) is 5.91 Å². The Morgan fingerprint density at radius 2 is 2.50 bits per heavy atom. The molecule has 0 aromatic heterocycles. The van der Waals surface area contributed by atoms with Crippen molar-refractivity contribution in [1.29, 1.82) is 0 Å². The van der Waals surface area contributed by atoms with Gasteiger partial charge in [0.15, 0.2) is 0 Å². The fourth-order valence-corrected chi connectivity index (χ4v) is 2.38. The van der Waals surface area contributed by atoms with E-state index in [1.165, 1.54) is 6.42 Å². The summed E-state index contributed by atoms with van der Waals surface area (Å²) in [5, 5.41) is 2.95. The molecule has 0 saturated carbocycles. The van der Waals surface area contributed by atoms with Crippen LogP contribution in [0.2, 0.25) is 0 Å². The third-order valence-corrected chi connectivity index (χ3v) is 3.67. The minimum absolute atomic E-state index is 0.0645. The van der Waals surface area contributed by atoms with Crippen LogP contribution in [0.3, 0.4) is 0 Å². The molecule has 0 aromatic carbocycles. The molecule has 0 radical (unpaired) electrons. The highest BCUT2D eigenvalue weighted by molar-refractivity contribution is 5.86. The Labute approximate surface area is 96.3 Å². The molecule has 2 aliphatic heterocycles. The second-order valence-electron chi connectivity index (χ2n) is 4.95. The summed E-state index contributed by atoms with van der Waals surface area (Å²) in [5.74, 6) is -0.0645. The molecular formula is C11H21N3O2. The predicted molar refractivity (Wildman–Crippen MR) is 61.0 cm³/mol. The third kappa shape index (κ3) is 2.36. The monoisotopic (exact) mass is 227 g/mol. The summed E-state index contributed by atoms with van der Waals surface area (Å²) in [4.78, 5) is 14.2. The first kappa shape index (κ1) is 11.8. The Bertz CT molecular complexity index is 264. The molecule has 2 saturated heterocycles. The van der Waals surface area contributed by atoms with E-state index in [0.29, 0.717) is 32.2 Å². The first-order valence-electron chi connectivity index (χ1n) is 5.97. The summed E-state index contributed by atoms with van der Waals surface area (Å²) in [6, 6.07) is 0.467. The van der Waals surface area contributed by atoms with Gasteiger partial charge in [-0.15, -0.1) is 0 Å². The summed E-state index contributed by atoms with van der Waals surface area (Å²) in [7, 11) is 2.10. The Morgan fingerprint density at radius 3 is 3.06 bits per heavy atom. The summed E-state index contributed by atoms with van der Waals surface area (Å²) >= 11 is 0. The molecule has 1 amide bonds. The van der Waals surface area contributed by atoms with Crippen LogP contribution in [0, 0.1) is 0 Å². The molecule has 3 N–H and O–H groups in total. The first-order valence-corrected chi connectivity index (χ1v) is 5.97.